The minimum absolute atomic E-state index is 0.136. The van der Waals surface area contributed by atoms with Crippen LogP contribution in [0.25, 0.3) is 0 Å². The third-order valence-corrected chi connectivity index (χ3v) is 1.77. The number of urea groups is 1. The highest BCUT2D eigenvalue weighted by atomic mass is 16.4. The number of hydrogen-bond donors (Lipinski definition) is 3. The van der Waals surface area contributed by atoms with E-state index in [1.54, 1.807) is 0 Å². The molecule has 0 aliphatic heterocycles. The van der Waals surface area contributed by atoms with Crippen LogP contribution >= 0.6 is 0 Å². The van der Waals surface area contributed by atoms with Gasteiger partial charge < -0.3 is 15.7 Å². The molecule has 0 aliphatic carbocycles. The van der Waals surface area contributed by atoms with Gasteiger partial charge in [0.25, 0.3) is 0 Å². The molecular weight excluding hydrogens is 196 g/mol. The molecule has 0 bridgehead atoms. The van der Waals surface area contributed by atoms with Gasteiger partial charge in [0.1, 0.15) is 0 Å². The van der Waals surface area contributed by atoms with Crippen LogP contribution in [0.1, 0.15) is 39.5 Å². The van der Waals surface area contributed by atoms with Crippen molar-refractivity contribution < 1.29 is 14.7 Å². The van der Waals surface area contributed by atoms with Gasteiger partial charge in [-0.1, -0.05) is 6.42 Å². The van der Waals surface area contributed by atoms with Gasteiger partial charge in [-0.2, -0.15) is 0 Å². The van der Waals surface area contributed by atoms with Gasteiger partial charge in [-0.15, -0.1) is 0 Å². The Hall–Kier alpha value is -1.26. The first-order chi connectivity index (χ1) is 7.02. The zero-order chi connectivity index (χ0) is 11.7. The summed E-state index contributed by atoms with van der Waals surface area (Å²) >= 11 is 0. The monoisotopic (exact) mass is 216 g/mol. The highest BCUT2D eigenvalue weighted by Crippen LogP contribution is 1.98. The van der Waals surface area contributed by atoms with Crippen molar-refractivity contribution in [1.29, 1.82) is 0 Å². The predicted molar refractivity (Wildman–Crippen MR) is 57.8 cm³/mol. The summed E-state index contributed by atoms with van der Waals surface area (Å²) in [6.45, 7) is 4.39. The van der Waals surface area contributed by atoms with Crippen molar-refractivity contribution in [2.24, 2.45) is 0 Å². The fraction of sp³-hybridized carbons (Fsp3) is 0.800. The van der Waals surface area contributed by atoms with Crippen LogP contribution in [0.2, 0.25) is 0 Å². The Labute approximate surface area is 90.2 Å². The molecule has 88 valence electrons. The van der Waals surface area contributed by atoms with Gasteiger partial charge in [0.15, 0.2) is 0 Å². The molecule has 3 N–H and O–H groups in total. The van der Waals surface area contributed by atoms with E-state index in [-0.39, 0.29) is 18.5 Å². The van der Waals surface area contributed by atoms with Crippen molar-refractivity contribution in [2.75, 3.05) is 6.54 Å². The highest BCUT2D eigenvalue weighted by Gasteiger charge is 2.01. The van der Waals surface area contributed by atoms with Crippen molar-refractivity contribution in [1.82, 2.24) is 10.6 Å². The van der Waals surface area contributed by atoms with Crippen LogP contribution in [0.5, 0.6) is 0 Å². The Bertz CT molecular complexity index is 205. The Morgan fingerprint density at radius 1 is 1.20 bits per heavy atom. The van der Waals surface area contributed by atoms with Crippen LogP contribution in [0.4, 0.5) is 4.79 Å². The lowest BCUT2D eigenvalue weighted by Gasteiger charge is -2.09. The molecule has 0 aromatic carbocycles. The van der Waals surface area contributed by atoms with Crippen LogP contribution in [0, 0.1) is 0 Å². The SMILES string of the molecule is CC(C)NC(=O)NCCCCCC(=O)O. The molecule has 0 saturated carbocycles. The molecule has 0 heterocycles. The molecule has 0 fully saturated rings. The minimum atomic E-state index is -0.763. The molecule has 0 spiro atoms. The molecule has 0 aliphatic rings. The van der Waals surface area contributed by atoms with Crippen molar-refractivity contribution in [3.63, 3.8) is 0 Å². The molecule has 0 radical (unpaired) electrons. The molecule has 0 aromatic rings. The summed E-state index contributed by atoms with van der Waals surface area (Å²) < 4.78 is 0. The summed E-state index contributed by atoms with van der Waals surface area (Å²) in [4.78, 5) is 21.3. The number of carboxylic acids is 1. The van der Waals surface area contributed by atoms with Crippen LogP contribution in [-0.2, 0) is 4.79 Å². The lowest BCUT2D eigenvalue weighted by atomic mass is 10.2. The van der Waals surface area contributed by atoms with Crippen LogP contribution in [-0.4, -0.2) is 29.7 Å². The van der Waals surface area contributed by atoms with Gasteiger partial charge in [0.2, 0.25) is 0 Å². The number of amides is 2. The van der Waals surface area contributed by atoms with E-state index >= 15 is 0 Å². The highest BCUT2D eigenvalue weighted by molar-refractivity contribution is 5.73. The van der Waals surface area contributed by atoms with E-state index in [1.807, 2.05) is 13.8 Å². The molecule has 5 nitrogen and oxygen atoms in total. The summed E-state index contributed by atoms with van der Waals surface area (Å²) in [6.07, 6.45) is 2.52. The first-order valence-electron chi connectivity index (χ1n) is 5.28. The topological polar surface area (TPSA) is 78.4 Å². The number of carboxylic acid groups (broad SMARTS) is 1. The Balaban J connectivity index is 3.24. The van der Waals surface area contributed by atoms with Crippen molar-refractivity contribution in [3.8, 4) is 0 Å². The average molecular weight is 216 g/mol. The number of carbonyl (C=O) groups is 2. The number of aliphatic carboxylic acids is 1. The van der Waals surface area contributed by atoms with E-state index in [0.717, 1.165) is 12.8 Å². The predicted octanol–water partition coefficient (Wildman–Crippen LogP) is 1.34. The number of hydrogen-bond acceptors (Lipinski definition) is 2. The lowest BCUT2D eigenvalue weighted by Crippen LogP contribution is -2.39. The summed E-state index contributed by atoms with van der Waals surface area (Å²) in [7, 11) is 0. The molecule has 0 atom stereocenters. The maximum absolute atomic E-state index is 11.1. The van der Waals surface area contributed by atoms with Gasteiger partial charge in [0, 0.05) is 19.0 Å². The van der Waals surface area contributed by atoms with E-state index in [2.05, 4.69) is 10.6 Å². The van der Waals surface area contributed by atoms with E-state index in [0.29, 0.717) is 13.0 Å². The van der Waals surface area contributed by atoms with E-state index in [4.69, 9.17) is 5.11 Å². The number of unbranched alkanes of at least 4 members (excludes halogenated alkanes) is 2. The summed E-state index contributed by atoms with van der Waals surface area (Å²) in [5.41, 5.74) is 0. The fourth-order valence-electron chi connectivity index (χ4n) is 1.09. The lowest BCUT2D eigenvalue weighted by molar-refractivity contribution is -0.137. The van der Waals surface area contributed by atoms with Crippen LogP contribution in [0.3, 0.4) is 0 Å². The van der Waals surface area contributed by atoms with Crippen molar-refractivity contribution in [2.45, 2.75) is 45.6 Å². The van der Waals surface area contributed by atoms with Gasteiger partial charge in [-0.05, 0) is 26.7 Å². The number of rotatable bonds is 7. The van der Waals surface area contributed by atoms with Crippen molar-refractivity contribution in [3.05, 3.63) is 0 Å². The van der Waals surface area contributed by atoms with Crippen molar-refractivity contribution >= 4 is 12.0 Å². The Morgan fingerprint density at radius 3 is 2.40 bits per heavy atom. The quantitative estimate of drug-likeness (QED) is 0.562. The summed E-state index contributed by atoms with van der Waals surface area (Å²) in [5, 5.41) is 13.8. The first kappa shape index (κ1) is 13.7. The Kier molecular flexibility index (Phi) is 7.40. The smallest absolute Gasteiger partial charge is 0.314 e. The molecular formula is C10H20N2O3. The summed E-state index contributed by atoms with van der Waals surface area (Å²) in [5.74, 6) is -0.763. The second-order valence-electron chi connectivity index (χ2n) is 3.76. The van der Waals surface area contributed by atoms with Crippen LogP contribution in [0.15, 0.2) is 0 Å². The molecule has 0 unspecified atom stereocenters. The van der Waals surface area contributed by atoms with E-state index in [1.165, 1.54) is 0 Å². The van der Waals surface area contributed by atoms with Gasteiger partial charge in [-0.25, -0.2) is 4.79 Å². The molecule has 15 heavy (non-hydrogen) atoms. The third kappa shape index (κ3) is 10.7. The third-order valence-electron chi connectivity index (χ3n) is 1.77. The minimum Gasteiger partial charge on any atom is -0.481 e. The van der Waals surface area contributed by atoms with E-state index < -0.39 is 5.97 Å². The maximum atomic E-state index is 11.1. The Morgan fingerprint density at radius 2 is 1.87 bits per heavy atom. The van der Waals surface area contributed by atoms with Crippen LogP contribution < -0.4 is 10.6 Å². The molecule has 2 amide bonds. The maximum Gasteiger partial charge on any atom is 0.314 e. The second kappa shape index (κ2) is 8.08. The normalized spacial score (nSPS) is 10.1. The second-order valence-corrected chi connectivity index (χ2v) is 3.76. The zero-order valence-corrected chi connectivity index (χ0v) is 9.38. The molecule has 5 heteroatoms. The summed E-state index contributed by atoms with van der Waals surface area (Å²) in [6, 6.07) is -0.0276. The number of nitrogens with one attached hydrogen (secondary N) is 2. The average Bonchev–Trinajstić information content (AvgIpc) is 2.09. The van der Waals surface area contributed by atoms with Gasteiger partial charge in [-0.3, -0.25) is 4.79 Å². The molecule has 0 saturated heterocycles. The largest absolute Gasteiger partial charge is 0.481 e. The first-order valence-corrected chi connectivity index (χ1v) is 5.28. The molecule has 0 aromatic heterocycles. The van der Waals surface area contributed by atoms with Gasteiger partial charge in [0.05, 0.1) is 0 Å². The molecule has 0 rings (SSSR count). The number of carbonyl (C=O) groups excluding carboxylic acids is 1. The van der Waals surface area contributed by atoms with Gasteiger partial charge >= 0.3 is 12.0 Å². The zero-order valence-electron chi connectivity index (χ0n) is 9.38. The standard InChI is InChI=1S/C10H20N2O3/c1-8(2)12-10(15)11-7-5-3-4-6-9(13)14/h8H,3-7H2,1-2H3,(H,13,14)(H2,11,12,15). The van der Waals surface area contributed by atoms with E-state index in [9.17, 15) is 9.59 Å². The fourth-order valence-corrected chi connectivity index (χ4v) is 1.09.